The molecule has 3 nitrogen and oxygen atoms in total. The minimum Gasteiger partial charge on any atom is -0.468 e. The Balaban J connectivity index is 2.35. The van der Waals surface area contributed by atoms with Gasteiger partial charge in [0.2, 0.25) is 0 Å². The third-order valence-corrected chi connectivity index (χ3v) is 2.90. The summed E-state index contributed by atoms with van der Waals surface area (Å²) < 4.78 is 5.60. The number of nitrogens with one attached hydrogen (secondary N) is 1. The smallest absolute Gasteiger partial charge is 0.118 e. The maximum Gasteiger partial charge on any atom is 0.118 e. The van der Waals surface area contributed by atoms with Crippen molar-refractivity contribution in [2.24, 2.45) is 0 Å². The first kappa shape index (κ1) is 16.0. The van der Waals surface area contributed by atoms with E-state index in [0.29, 0.717) is 0 Å². The Morgan fingerprint density at radius 1 is 1.42 bits per heavy atom. The Hall–Kier alpha value is -1.06. The Kier molecular flexibility index (Phi) is 6.32. The summed E-state index contributed by atoms with van der Waals surface area (Å²) in [4.78, 5) is 2.28. The highest BCUT2D eigenvalue weighted by Crippen LogP contribution is 2.11. The van der Waals surface area contributed by atoms with Gasteiger partial charge in [-0.25, -0.2) is 0 Å². The fraction of sp³-hybridized carbons (Fsp3) is 0.625. The van der Waals surface area contributed by atoms with Crippen LogP contribution >= 0.6 is 0 Å². The van der Waals surface area contributed by atoms with Crippen molar-refractivity contribution in [2.75, 3.05) is 13.6 Å². The number of hydrogen-bond acceptors (Lipinski definition) is 3. The molecule has 0 saturated carbocycles. The lowest BCUT2D eigenvalue weighted by molar-refractivity contribution is 0.292. The molecule has 0 aliphatic carbocycles. The van der Waals surface area contributed by atoms with E-state index in [1.807, 2.05) is 12.3 Å². The van der Waals surface area contributed by atoms with Crippen molar-refractivity contribution in [3.8, 4) is 0 Å². The Labute approximate surface area is 117 Å². The van der Waals surface area contributed by atoms with E-state index in [0.717, 1.165) is 38.2 Å². The average molecular weight is 264 g/mol. The molecule has 0 fully saturated rings. The van der Waals surface area contributed by atoms with E-state index in [1.54, 1.807) is 0 Å². The molecule has 0 radical (unpaired) electrons. The summed E-state index contributed by atoms with van der Waals surface area (Å²) in [5.74, 6) is 1.03. The molecule has 19 heavy (non-hydrogen) atoms. The first-order valence-electron chi connectivity index (χ1n) is 7.01. The fourth-order valence-corrected chi connectivity index (χ4v) is 1.82. The Morgan fingerprint density at radius 2 is 2.16 bits per heavy atom. The Morgan fingerprint density at radius 3 is 2.79 bits per heavy atom. The molecule has 1 N–H and O–H groups in total. The molecular weight excluding hydrogens is 236 g/mol. The normalized spacial score (nSPS) is 12.1. The highest BCUT2D eigenvalue weighted by molar-refractivity contribution is 5.12. The molecule has 1 heterocycles. The minimum absolute atomic E-state index is 0.138. The van der Waals surface area contributed by atoms with E-state index in [2.05, 4.69) is 50.7 Å². The van der Waals surface area contributed by atoms with Crippen molar-refractivity contribution >= 4 is 0 Å². The zero-order valence-electron chi connectivity index (χ0n) is 12.8. The molecule has 0 bridgehead atoms. The monoisotopic (exact) mass is 264 g/mol. The molecule has 0 aliphatic heterocycles. The van der Waals surface area contributed by atoms with Gasteiger partial charge in [0.1, 0.15) is 5.76 Å². The summed E-state index contributed by atoms with van der Waals surface area (Å²) in [6.45, 7) is 13.0. The van der Waals surface area contributed by atoms with Crippen LogP contribution < -0.4 is 5.32 Å². The van der Waals surface area contributed by atoms with Crippen LogP contribution in [0.15, 0.2) is 29.4 Å². The number of nitrogens with zero attached hydrogens (tertiary/aromatic N) is 1. The van der Waals surface area contributed by atoms with Gasteiger partial charge < -0.3 is 9.73 Å². The van der Waals surface area contributed by atoms with Crippen molar-refractivity contribution in [1.29, 1.82) is 0 Å². The highest BCUT2D eigenvalue weighted by Gasteiger charge is 2.10. The van der Waals surface area contributed by atoms with Crippen molar-refractivity contribution < 1.29 is 4.42 Å². The summed E-state index contributed by atoms with van der Waals surface area (Å²) in [6, 6.07) is 2.14. The SMILES string of the molecule is C=CCCCN(C)Cc1cc(CNC(C)(C)C)co1. The standard InChI is InChI=1S/C16H28N2O/c1-6-7-8-9-18(5)12-15-10-14(13-19-15)11-17-16(2,3)4/h6,10,13,17H,1,7-9,11-12H2,2-5H3. The largest absolute Gasteiger partial charge is 0.468 e. The molecule has 0 spiro atoms. The zero-order valence-corrected chi connectivity index (χ0v) is 12.8. The Bertz CT molecular complexity index is 376. The lowest BCUT2D eigenvalue weighted by atomic mass is 10.1. The van der Waals surface area contributed by atoms with Gasteiger partial charge in [0, 0.05) is 17.6 Å². The number of furan rings is 1. The summed E-state index contributed by atoms with van der Waals surface area (Å²) in [5, 5.41) is 3.46. The van der Waals surface area contributed by atoms with Gasteiger partial charge in [0.05, 0.1) is 12.8 Å². The average Bonchev–Trinajstić information content (AvgIpc) is 2.73. The van der Waals surface area contributed by atoms with E-state index >= 15 is 0 Å². The first-order chi connectivity index (χ1) is 8.90. The van der Waals surface area contributed by atoms with Crippen LogP contribution in [0.2, 0.25) is 0 Å². The van der Waals surface area contributed by atoms with Gasteiger partial charge in [0.25, 0.3) is 0 Å². The second kappa shape index (κ2) is 7.51. The van der Waals surface area contributed by atoms with Gasteiger partial charge in [0.15, 0.2) is 0 Å². The maximum atomic E-state index is 5.60. The van der Waals surface area contributed by atoms with Crippen LogP contribution in [-0.4, -0.2) is 24.0 Å². The predicted octanol–water partition coefficient (Wildman–Crippen LogP) is 3.57. The summed E-state index contributed by atoms with van der Waals surface area (Å²) in [5.41, 5.74) is 1.35. The molecule has 0 unspecified atom stereocenters. The topological polar surface area (TPSA) is 28.4 Å². The number of rotatable bonds is 8. The van der Waals surface area contributed by atoms with Crippen LogP contribution in [0.3, 0.4) is 0 Å². The van der Waals surface area contributed by atoms with Crippen molar-refractivity contribution in [3.05, 3.63) is 36.3 Å². The van der Waals surface area contributed by atoms with E-state index in [-0.39, 0.29) is 5.54 Å². The van der Waals surface area contributed by atoms with E-state index < -0.39 is 0 Å². The second-order valence-electron chi connectivity index (χ2n) is 6.19. The van der Waals surface area contributed by atoms with Crippen molar-refractivity contribution in [3.63, 3.8) is 0 Å². The molecular formula is C16H28N2O. The molecule has 1 aromatic heterocycles. The molecule has 0 aromatic carbocycles. The molecule has 3 heteroatoms. The van der Waals surface area contributed by atoms with E-state index in [9.17, 15) is 0 Å². The van der Waals surface area contributed by atoms with Gasteiger partial charge in [-0.2, -0.15) is 0 Å². The van der Waals surface area contributed by atoms with Gasteiger partial charge >= 0.3 is 0 Å². The van der Waals surface area contributed by atoms with Crippen LogP contribution in [0.25, 0.3) is 0 Å². The van der Waals surface area contributed by atoms with Crippen LogP contribution in [0.5, 0.6) is 0 Å². The lowest BCUT2D eigenvalue weighted by Gasteiger charge is -2.19. The van der Waals surface area contributed by atoms with Crippen LogP contribution in [0.4, 0.5) is 0 Å². The number of allylic oxidation sites excluding steroid dienone is 1. The van der Waals surface area contributed by atoms with Crippen LogP contribution in [0, 0.1) is 0 Å². The molecule has 0 amide bonds. The van der Waals surface area contributed by atoms with E-state index in [4.69, 9.17) is 4.42 Å². The van der Waals surface area contributed by atoms with Gasteiger partial charge in [-0.3, -0.25) is 4.90 Å². The van der Waals surface area contributed by atoms with Gasteiger partial charge in [-0.15, -0.1) is 6.58 Å². The molecule has 0 aliphatic rings. The second-order valence-corrected chi connectivity index (χ2v) is 6.19. The molecule has 1 rings (SSSR count). The first-order valence-corrected chi connectivity index (χ1v) is 7.01. The van der Waals surface area contributed by atoms with Crippen molar-refractivity contribution in [2.45, 2.75) is 52.2 Å². The predicted molar refractivity (Wildman–Crippen MR) is 81.1 cm³/mol. The lowest BCUT2D eigenvalue weighted by Crippen LogP contribution is -2.34. The number of hydrogen-bond donors (Lipinski definition) is 1. The quantitative estimate of drug-likeness (QED) is 0.575. The molecule has 0 atom stereocenters. The maximum absolute atomic E-state index is 5.60. The van der Waals surface area contributed by atoms with Crippen LogP contribution in [-0.2, 0) is 13.1 Å². The van der Waals surface area contributed by atoms with Gasteiger partial charge in [-0.1, -0.05) is 6.08 Å². The zero-order chi connectivity index (χ0) is 14.3. The molecule has 0 saturated heterocycles. The minimum atomic E-state index is 0.138. The summed E-state index contributed by atoms with van der Waals surface area (Å²) >= 11 is 0. The fourth-order valence-electron chi connectivity index (χ4n) is 1.82. The van der Waals surface area contributed by atoms with Crippen molar-refractivity contribution in [1.82, 2.24) is 10.2 Å². The van der Waals surface area contributed by atoms with Crippen LogP contribution in [0.1, 0.15) is 44.9 Å². The van der Waals surface area contributed by atoms with Gasteiger partial charge in [-0.05, 0) is 53.3 Å². The third kappa shape index (κ3) is 7.19. The highest BCUT2D eigenvalue weighted by atomic mass is 16.3. The molecule has 1 aromatic rings. The summed E-state index contributed by atoms with van der Waals surface area (Å²) in [7, 11) is 2.12. The third-order valence-electron chi connectivity index (χ3n) is 2.90. The van der Waals surface area contributed by atoms with E-state index in [1.165, 1.54) is 5.56 Å². The molecule has 108 valence electrons. The summed E-state index contributed by atoms with van der Waals surface area (Å²) in [6.07, 6.45) is 6.05. The number of unbranched alkanes of at least 4 members (excludes halogenated alkanes) is 1.